The number of halogens is 3. The van der Waals surface area contributed by atoms with Crippen molar-refractivity contribution in [2.24, 2.45) is 0 Å². The van der Waals surface area contributed by atoms with E-state index in [1.807, 2.05) is 6.07 Å². The molecule has 1 aliphatic heterocycles. The fourth-order valence-electron chi connectivity index (χ4n) is 2.84. The summed E-state index contributed by atoms with van der Waals surface area (Å²) in [6.07, 6.45) is -3.83. The Balaban J connectivity index is 1.79. The highest BCUT2D eigenvalue weighted by molar-refractivity contribution is 7.92. The molecule has 0 spiro atoms. The number of hydrogen-bond donors (Lipinski definition) is 0. The van der Waals surface area contributed by atoms with E-state index in [2.05, 4.69) is 6.58 Å². The minimum Gasteiger partial charge on any atom is -0.457 e. The van der Waals surface area contributed by atoms with Crippen LogP contribution in [0.4, 0.5) is 13.2 Å². The summed E-state index contributed by atoms with van der Waals surface area (Å²) in [7, 11) is -3.54. The third kappa shape index (κ3) is 4.17. The number of fused-ring (bicyclic) bond motifs is 1. The molecule has 2 aromatic carbocycles. The van der Waals surface area contributed by atoms with Gasteiger partial charge >= 0.3 is 6.18 Å². The van der Waals surface area contributed by atoms with Crippen molar-refractivity contribution in [3.63, 3.8) is 0 Å². The second-order valence-electron chi connectivity index (χ2n) is 6.35. The number of benzene rings is 2. The number of alkyl halides is 3. The molecule has 0 saturated carbocycles. The summed E-state index contributed by atoms with van der Waals surface area (Å²) in [5.74, 6) is 0.702. The number of allylic oxidation sites excluding steroid dienone is 1. The third-order valence-electron chi connectivity index (χ3n) is 4.35. The molecule has 0 bridgehead atoms. The van der Waals surface area contributed by atoms with E-state index in [0.717, 1.165) is 23.3 Å². The van der Waals surface area contributed by atoms with E-state index in [0.29, 0.717) is 18.7 Å². The standard InChI is InChI=1S/C19H18F3NO3S/c1-13(2)27(24,25)23-10-9-14-3-6-18(11-15(14)12-23)26-17-7-4-16(5-8-17)19(20,21)22/h3-8,11H,1,9-10,12H2,2H3. The van der Waals surface area contributed by atoms with Crippen molar-refractivity contribution in [1.82, 2.24) is 4.31 Å². The molecule has 0 atom stereocenters. The molecule has 144 valence electrons. The lowest BCUT2D eigenvalue weighted by atomic mass is 10.0. The Bertz CT molecular complexity index is 967. The largest absolute Gasteiger partial charge is 0.457 e. The van der Waals surface area contributed by atoms with Crippen molar-refractivity contribution in [2.45, 2.75) is 26.1 Å². The first-order valence-electron chi connectivity index (χ1n) is 8.20. The zero-order valence-corrected chi connectivity index (χ0v) is 15.4. The van der Waals surface area contributed by atoms with Crippen LogP contribution in [-0.2, 0) is 29.2 Å². The molecular weight excluding hydrogens is 379 g/mol. The minimum absolute atomic E-state index is 0.0862. The Kier molecular flexibility index (Phi) is 5.05. The highest BCUT2D eigenvalue weighted by Gasteiger charge is 2.30. The van der Waals surface area contributed by atoms with Crippen LogP contribution in [0.2, 0.25) is 0 Å². The maximum absolute atomic E-state index is 12.6. The molecule has 0 aliphatic carbocycles. The van der Waals surface area contributed by atoms with E-state index in [-0.39, 0.29) is 17.2 Å². The molecule has 27 heavy (non-hydrogen) atoms. The van der Waals surface area contributed by atoms with Gasteiger partial charge in [-0.25, -0.2) is 8.42 Å². The number of sulfonamides is 1. The first kappa shape index (κ1) is 19.4. The van der Waals surface area contributed by atoms with E-state index < -0.39 is 21.8 Å². The highest BCUT2D eigenvalue weighted by atomic mass is 32.2. The summed E-state index contributed by atoms with van der Waals surface area (Å²) in [6, 6.07) is 9.69. The van der Waals surface area contributed by atoms with Gasteiger partial charge in [-0.3, -0.25) is 0 Å². The Hall–Kier alpha value is -2.32. The molecule has 8 heteroatoms. The number of hydrogen-bond acceptors (Lipinski definition) is 3. The number of nitrogens with zero attached hydrogens (tertiary/aromatic N) is 1. The zero-order chi connectivity index (χ0) is 19.8. The third-order valence-corrected chi connectivity index (χ3v) is 6.22. The van der Waals surface area contributed by atoms with E-state index >= 15 is 0 Å². The summed E-state index contributed by atoms with van der Waals surface area (Å²) in [5.41, 5.74) is 1.07. The van der Waals surface area contributed by atoms with Crippen molar-refractivity contribution in [3.05, 3.63) is 70.6 Å². The topological polar surface area (TPSA) is 46.6 Å². The lowest BCUT2D eigenvalue weighted by Gasteiger charge is -2.28. The zero-order valence-electron chi connectivity index (χ0n) is 14.6. The van der Waals surface area contributed by atoms with E-state index in [9.17, 15) is 21.6 Å². The second kappa shape index (κ2) is 7.01. The van der Waals surface area contributed by atoms with Crippen LogP contribution >= 0.6 is 0 Å². The van der Waals surface area contributed by atoms with Gasteiger partial charge in [0.25, 0.3) is 0 Å². The quantitative estimate of drug-likeness (QED) is 0.750. The molecular formula is C19H18F3NO3S. The average Bonchev–Trinajstić information content (AvgIpc) is 2.60. The lowest BCUT2D eigenvalue weighted by molar-refractivity contribution is -0.137. The van der Waals surface area contributed by atoms with Gasteiger partial charge in [-0.1, -0.05) is 12.6 Å². The molecule has 0 unspecified atom stereocenters. The van der Waals surface area contributed by atoms with Gasteiger partial charge in [-0.15, -0.1) is 0 Å². The highest BCUT2D eigenvalue weighted by Crippen LogP contribution is 2.32. The van der Waals surface area contributed by atoms with Crippen LogP contribution < -0.4 is 4.74 Å². The van der Waals surface area contributed by atoms with Crippen LogP contribution in [0, 0.1) is 0 Å². The van der Waals surface area contributed by atoms with Gasteiger partial charge in [0.05, 0.1) is 5.56 Å². The van der Waals surface area contributed by atoms with E-state index in [1.54, 1.807) is 12.1 Å². The van der Waals surface area contributed by atoms with E-state index in [4.69, 9.17) is 4.74 Å². The normalized spacial score (nSPS) is 15.3. The molecule has 0 amide bonds. The van der Waals surface area contributed by atoms with Crippen molar-refractivity contribution < 1.29 is 26.3 Å². The van der Waals surface area contributed by atoms with Crippen LogP contribution in [-0.4, -0.2) is 19.3 Å². The van der Waals surface area contributed by atoms with Gasteiger partial charge in [0.15, 0.2) is 0 Å². The molecule has 0 saturated heterocycles. The Labute approximate surface area is 155 Å². The molecule has 3 rings (SSSR count). The number of rotatable bonds is 4. The fraction of sp³-hybridized carbons (Fsp3) is 0.263. The summed E-state index contributed by atoms with van der Waals surface area (Å²) in [6.45, 7) is 5.55. The predicted molar refractivity (Wildman–Crippen MR) is 95.8 cm³/mol. The predicted octanol–water partition coefficient (Wildman–Crippen LogP) is 4.72. The molecule has 0 fully saturated rings. The number of ether oxygens (including phenoxy) is 1. The maximum Gasteiger partial charge on any atom is 0.416 e. The molecule has 0 radical (unpaired) electrons. The monoisotopic (exact) mass is 397 g/mol. The summed E-state index contributed by atoms with van der Waals surface area (Å²) >= 11 is 0. The Morgan fingerprint density at radius 3 is 2.30 bits per heavy atom. The van der Waals surface area contributed by atoms with Crippen LogP contribution in [0.5, 0.6) is 11.5 Å². The van der Waals surface area contributed by atoms with Crippen molar-refractivity contribution in [2.75, 3.05) is 6.54 Å². The van der Waals surface area contributed by atoms with Gasteiger partial charge in [0, 0.05) is 18.0 Å². The second-order valence-corrected chi connectivity index (χ2v) is 8.51. The first-order chi connectivity index (χ1) is 12.6. The van der Waals surface area contributed by atoms with Gasteiger partial charge in [-0.2, -0.15) is 17.5 Å². The van der Waals surface area contributed by atoms with Gasteiger partial charge in [0.1, 0.15) is 11.5 Å². The van der Waals surface area contributed by atoms with Crippen LogP contribution in [0.3, 0.4) is 0 Å². The maximum atomic E-state index is 12.6. The first-order valence-corrected chi connectivity index (χ1v) is 9.64. The minimum atomic E-state index is -4.40. The molecule has 2 aromatic rings. The summed E-state index contributed by atoms with van der Waals surface area (Å²) in [5, 5.41) is 0. The van der Waals surface area contributed by atoms with Crippen LogP contribution in [0.1, 0.15) is 23.6 Å². The van der Waals surface area contributed by atoms with Crippen LogP contribution in [0.15, 0.2) is 53.9 Å². The molecule has 4 nitrogen and oxygen atoms in total. The fourth-order valence-corrected chi connectivity index (χ4v) is 3.93. The SMILES string of the molecule is C=C(C)S(=O)(=O)N1CCc2ccc(Oc3ccc(C(F)(F)F)cc3)cc2C1. The van der Waals surface area contributed by atoms with Crippen molar-refractivity contribution >= 4 is 10.0 Å². The molecule has 0 N–H and O–H groups in total. The molecule has 0 aromatic heterocycles. The van der Waals surface area contributed by atoms with Gasteiger partial charge in [-0.05, 0) is 60.9 Å². The van der Waals surface area contributed by atoms with Crippen LogP contribution in [0.25, 0.3) is 0 Å². The van der Waals surface area contributed by atoms with E-state index in [1.165, 1.54) is 23.4 Å². The van der Waals surface area contributed by atoms with Crippen molar-refractivity contribution in [3.8, 4) is 11.5 Å². The Morgan fingerprint density at radius 2 is 1.70 bits per heavy atom. The van der Waals surface area contributed by atoms with Gasteiger partial charge < -0.3 is 4.74 Å². The molecule has 1 aliphatic rings. The van der Waals surface area contributed by atoms with Crippen molar-refractivity contribution in [1.29, 1.82) is 0 Å². The van der Waals surface area contributed by atoms with Gasteiger partial charge in [0.2, 0.25) is 10.0 Å². The lowest BCUT2D eigenvalue weighted by Crippen LogP contribution is -2.36. The average molecular weight is 397 g/mol. The summed E-state index contributed by atoms with van der Waals surface area (Å²) in [4.78, 5) is 0.0862. The molecule has 1 heterocycles. The Morgan fingerprint density at radius 1 is 1.07 bits per heavy atom. The summed E-state index contributed by atoms with van der Waals surface area (Å²) < 4.78 is 69.4. The smallest absolute Gasteiger partial charge is 0.416 e.